The minimum Gasteiger partial charge on any atom is -0.351 e. The van der Waals surface area contributed by atoms with E-state index in [-0.39, 0.29) is 5.91 Å². The number of hydrogen-bond donors (Lipinski definition) is 2. The van der Waals surface area contributed by atoms with Crippen LogP contribution in [0.4, 0.5) is 0 Å². The summed E-state index contributed by atoms with van der Waals surface area (Å²) >= 11 is 0. The van der Waals surface area contributed by atoms with Crippen molar-refractivity contribution < 1.29 is 4.79 Å². The first kappa shape index (κ1) is 13.7. The van der Waals surface area contributed by atoms with Gasteiger partial charge >= 0.3 is 0 Å². The highest BCUT2D eigenvalue weighted by molar-refractivity contribution is 5.77. The van der Waals surface area contributed by atoms with E-state index >= 15 is 0 Å². The smallest absolute Gasteiger partial charge is 0.234 e. The van der Waals surface area contributed by atoms with E-state index in [1.54, 1.807) is 0 Å². The minimum atomic E-state index is 0.0596. The summed E-state index contributed by atoms with van der Waals surface area (Å²) < 4.78 is 0. The molecule has 0 saturated heterocycles. The molecule has 0 radical (unpaired) electrons. The summed E-state index contributed by atoms with van der Waals surface area (Å²) in [5.41, 5.74) is 2.51. The molecule has 94 valence electrons. The molecule has 0 aliphatic rings. The highest BCUT2D eigenvalue weighted by Crippen LogP contribution is 2.08. The third kappa shape index (κ3) is 5.00. The van der Waals surface area contributed by atoms with Crippen molar-refractivity contribution in [3.05, 3.63) is 35.4 Å². The van der Waals surface area contributed by atoms with Gasteiger partial charge in [0.1, 0.15) is 0 Å². The zero-order valence-electron chi connectivity index (χ0n) is 10.8. The highest BCUT2D eigenvalue weighted by Gasteiger charge is 2.02. The van der Waals surface area contributed by atoms with Crippen molar-refractivity contribution in [2.45, 2.75) is 33.2 Å². The highest BCUT2D eigenvalue weighted by atomic mass is 16.1. The molecule has 1 aromatic rings. The van der Waals surface area contributed by atoms with Gasteiger partial charge in [0.05, 0.1) is 6.54 Å². The number of amides is 1. The number of aryl methyl sites for hydroxylation is 1. The monoisotopic (exact) mass is 234 g/mol. The van der Waals surface area contributed by atoms with Gasteiger partial charge in [-0.15, -0.1) is 0 Å². The molecule has 0 atom stereocenters. The Balaban J connectivity index is 2.36. The molecule has 0 heterocycles. The largest absolute Gasteiger partial charge is 0.351 e. The average molecular weight is 234 g/mol. The van der Waals surface area contributed by atoms with Gasteiger partial charge in [-0.05, 0) is 30.5 Å². The van der Waals surface area contributed by atoms with E-state index in [0.29, 0.717) is 13.1 Å². The lowest BCUT2D eigenvalue weighted by Gasteiger charge is -2.09. The molecule has 0 aliphatic carbocycles. The summed E-state index contributed by atoms with van der Waals surface area (Å²) in [4.78, 5) is 11.5. The Morgan fingerprint density at radius 1 is 1.18 bits per heavy atom. The third-order valence-electron chi connectivity index (χ3n) is 2.69. The summed E-state index contributed by atoms with van der Waals surface area (Å²) in [5.74, 6) is 0.0596. The van der Waals surface area contributed by atoms with E-state index < -0.39 is 0 Å². The van der Waals surface area contributed by atoms with E-state index in [2.05, 4.69) is 36.6 Å². The van der Waals surface area contributed by atoms with Crippen molar-refractivity contribution in [2.75, 3.05) is 13.1 Å². The summed E-state index contributed by atoms with van der Waals surface area (Å²) in [6.07, 6.45) is 2.05. The van der Waals surface area contributed by atoms with Crippen molar-refractivity contribution in [2.24, 2.45) is 0 Å². The standard InChI is InChI=1S/C14H22N2O/c1-3-9-15-11-14(17)16-10-13-8-6-5-7-12(13)4-2/h5-8,15H,3-4,9-11H2,1-2H3,(H,16,17). The van der Waals surface area contributed by atoms with E-state index in [1.165, 1.54) is 11.1 Å². The van der Waals surface area contributed by atoms with E-state index in [1.807, 2.05) is 12.1 Å². The molecule has 0 saturated carbocycles. The van der Waals surface area contributed by atoms with Crippen molar-refractivity contribution >= 4 is 5.91 Å². The summed E-state index contributed by atoms with van der Waals surface area (Å²) in [6, 6.07) is 8.22. The van der Waals surface area contributed by atoms with Gasteiger partial charge in [-0.25, -0.2) is 0 Å². The van der Waals surface area contributed by atoms with Crippen LogP contribution in [0.25, 0.3) is 0 Å². The van der Waals surface area contributed by atoms with Crippen LogP contribution in [0.3, 0.4) is 0 Å². The van der Waals surface area contributed by atoms with Gasteiger partial charge in [-0.1, -0.05) is 38.1 Å². The molecule has 3 nitrogen and oxygen atoms in total. The summed E-state index contributed by atoms with van der Waals surface area (Å²) in [6.45, 7) is 6.13. The minimum absolute atomic E-state index is 0.0596. The van der Waals surface area contributed by atoms with E-state index in [0.717, 1.165) is 19.4 Å². The second-order valence-corrected chi connectivity index (χ2v) is 4.08. The zero-order chi connectivity index (χ0) is 12.5. The third-order valence-corrected chi connectivity index (χ3v) is 2.69. The van der Waals surface area contributed by atoms with Gasteiger partial charge < -0.3 is 10.6 Å². The topological polar surface area (TPSA) is 41.1 Å². The maximum absolute atomic E-state index is 11.5. The SMILES string of the molecule is CCCNCC(=O)NCc1ccccc1CC. The van der Waals surface area contributed by atoms with Gasteiger partial charge in [0.2, 0.25) is 5.91 Å². The fourth-order valence-corrected chi connectivity index (χ4v) is 1.71. The molecular formula is C14H22N2O. The molecule has 0 aliphatic heterocycles. The first-order valence-corrected chi connectivity index (χ1v) is 6.32. The first-order valence-electron chi connectivity index (χ1n) is 6.32. The summed E-state index contributed by atoms with van der Waals surface area (Å²) in [5, 5.41) is 6.02. The van der Waals surface area contributed by atoms with Crippen LogP contribution in [0.5, 0.6) is 0 Å². The van der Waals surface area contributed by atoms with Crippen LogP contribution in [0.1, 0.15) is 31.4 Å². The molecule has 0 bridgehead atoms. The molecule has 0 aromatic heterocycles. The Labute approximate surface area is 104 Å². The first-order chi connectivity index (χ1) is 8.27. The second-order valence-electron chi connectivity index (χ2n) is 4.08. The number of carbonyl (C=O) groups excluding carboxylic acids is 1. The molecule has 1 aromatic carbocycles. The maximum Gasteiger partial charge on any atom is 0.234 e. The Kier molecular flexibility index (Phi) is 6.33. The van der Waals surface area contributed by atoms with Gasteiger partial charge in [0, 0.05) is 6.54 Å². The predicted octanol–water partition coefficient (Wildman–Crippen LogP) is 1.86. The molecule has 2 N–H and O–H groups in total. The lowest BCUT2D eigenvalue weighted by Crippen LogP contribution is -2.33. The van der Waals surface area contributed by atoms with Crippen LogP contribution in [0.2, 0.25) is 0 Å². The van der Waals surface area contributed by atoms with Crippen molar-refractivity contribution in [3.63, 3.8) is 0 Å². The Bertz CT molecular complexity index is 350. The molecule has 3 heteroatoms. The van der Waals surface area contributed by atoms with Crippen LogP contribution in [0.15, 0.2) is 24.3 Å². The Hall–Kier alpha value is -1.35. The summed E-state index contributed by atoms with van der Waals surface area (Å²) in [7, 11) is 0. The Morgan fingerprint density at radius 3 is 2.53 bits per heavy atom. The van der Waals surface area contributed by atoms with Gasteiger partial charge in [0.15, 0.2) is 0 Å². The van der Waals surface area contributed by atoms with Gasteiger partial charge in [-0.2, -0.15) is 0 Å². The molecule has 0 spiro atoms. The number of hydrogen-bond acceptors (Lipinski definition) is 2. The second kappa shape index (κ2) is 7.85. The quantitative estimate of drug-likeness (QED) is 0.707. The van der Waals surface area contributed by atoms with Crippen molar-refractivity contribution in [3.8, 4) is 0 Å². The molecule has 17 heavy (non-hydrogen) atoms. The van der Waals surface area contributed by atoms with Crippen LogP contribution in [0, 0.1) is 0 Å². The van der Waals surface area contributed by atoms with Gasteiger partial charge in [-0.3, -0.25) is 4.79 Å². The lowest BCUT2D eigenvalue weighted by atomic mass is 10.1. The van der Waals surface area contributed by atoms with Crippen LogP contribution in [-0.4, -0.2) is 19.0 Å². The normalized spacial score (nSPS) is 10.2. The lowest BCUT2D eigenvalue weighted by molar-refractivity contribution is -0.120. The van der Waals surface area contributed by atoms with E-state index in [9.17, 15) is 4.79 Å². The fraction of sp³-hybridized carbons (Fsp3) is 0.500. The molecule has 1 rings (SSSR count). The number of rotatable bonds is 7. The molecule has 1 amide bonds. The predicted molar refractivity (Wildman–Crippen MR) is 70.8 cm³/mol. The van der Waals surface area contributed by atoms with Crippen LogP contribution < -0.4 is 10.6 Å². The number of benzene rings is 1. The maximum atomic E-state index is 11.5. The van der Waals surface area contributed by atoms with E-state index in [4.69, 9.17) is 0 Å². The van der Waals surface area contributed by atoms with Crippen molar-refractivity contribution in [1.29, 1.82) is 0 Å². The Morgan fingerprint density at radius 2 is 1.88 bits per heavy atom. The van der Waals surface area contributed by atoms with Crippen LogP contribution >= 0.6 is 0 Å². The average Bonchev–Trinajstić information content (AvgIpc) is 2.37. The number of nitrogens with one attached hydrogen (secondary N) is 2. The fourth-order valence-electron chi connectivity index (χ4n) is 1.71. The molecule has 0 fully saturated rings. The molecular weight excluding hydrogens is 212 g/mol. The number of carbonyl (C=O) groups is 1. The van der Waals surface area contributed by atoms with Gasteiger partial charge in [0.25, 0.3) is 0 Å². The zero-order valence-corrected chi connectivity index (χ0v) is 10.8. The van der Waals surface area contributed by atoms with Crippen LogP contribution in [-0.2, 0) is 17.8 Å². The molecule has 0 unspecified atom stereocenters. The van der Waals surface area contributed by atoms with Crippen molar-refractivity contribution in [1.82, 2.24) is 10.6 Å².